The van der Waals surface area contributed by atoms with Crippen molar-refractivity contribution in [2.24, 2.45) is 0 Å². The fourth-order valence-corrected chi connectivity index (χ4v) is 9.89. The van der Waals surface area contributed by atoms with Crippen LogP contribution in [0.25, 0.3) is 10.9 Å². The smallest absolute Gasteiger partial charge is 0.293 e. The number of likely N-dealkylation sites (N-methyl/N-ethyl adjacent to an activating group) is 1. The second-order valence-electron chi connectivity index (χ2n) is 17.9. The molecule has 4 fully saturated rings. The average Bonchev–Trinajstić information content (AvgIpc) is 3.51. The molecule has 9 rings (SSSR count). The normalized spacial score (nSPS) is 22.7. The van der Waals surface area contributed by atoms with Gasteiger partial charge >= 0.3 is 0 Å². The van der Waals surface area contributed by atoms with E-state index in [0.29, 0.717) is 66.8 Å². The first kappa shape index (κ1) is 45.0. The second kappa shape index (κ2) is 18.2. The predicted octanol–water partition coefficient (Wildman–Crippen LogP) is 4.16. The molecule has 0 bridgehead atoms. The van der Waals surface area contributed by atoms with E-state index in [0.717, 1.165) is 42.0 Å². The molecule has 1 aliphatic carbocycles. The molecule has 5 aliphatic rings. The number of benzene rings is 2. The van der Waals surface area contributed by atoms with Crippen LogP contribution in [-0.4, -0.2) is 131 Å². The summed E-state index contributed by atoms with van der Waals surface area (Å²) in [6.07, 6.45) is 5.28. The molecule has 2 aromatic heterocycles. The van der Waals surface area contributed by atoms with Crippen LogP contribution in [0.5, 0.6) is 5.75 Å². The van der Waals surface area contributed by atoms with Crippen LogP contribution >= 0.6 is 11.6 Å². The van der Waals surface area contributed by atoms with Crippen LogP contribution in [0.2, 0.25) is 5.02 Å². The number of piperazine rings is 1. The third-order valence-electron chi connectivity index (χ3n) is 13.3. The zero-order valence-corrected chi connectivity index (χ0v) is 37.9. The molecule has 2 aromatic carbocycles. The molecule has 2 atom stereocenters. The van der Waals surface area contributed by atoms with Gasteiger partial charge in [-0.2, -0.15) is 4.98 Å². The largest absolute Gasteiger partial charge is 0.478 e. The van der Waals surface area contributed by atoms with E-state index in [1.54, 1.807) is 16.8 Å². The SMILES string of the molecule is CNC(=O)COc1cc2cc(Nc3nc(N4CCC(OC5CC(N6CCN(c7cc8c(cc7F)C(=O)N(C7CCC(=O)NC7=O)C8=O)[C@H](C)C6)C5)CC4)ncc3Cl)ccc2n(C(C)C)c1=O. The molecule has 3 saturated heterocycles. The second-order valence-corrected chi connectivity index (χ2v) is 18.3. The summed E-state index contributed by atoms with van der Waals surface area (Å²) in [6, 6.07) is 8.73. The summed E-state index contributed by atoms with van der Waals surface area (Å²) in [5.74, 6) is -2.45. The van der Waals surface area contributed by atoms with Crippen LogP contribution in [0, 0.1) is 5.82 Å². The van der Waals surface area contributed by atoms with Gasteiger partial charge in [0.2, 0.25) is 17.8 Å². The standard InChI is InChI=1S/C46H52ClFN10O8/c1-24(2)57-35-6-5-27(15-26(35)16-38(45(57)64)65-23-40(60)49-4)51-41-33(47)21-50-46(53-41)54-11-9-29(10-12-54)66-30-17-28(18-30)55-13-14-56(25(3)22-55)37-20-32-31(19-34(37)48)43(62)58(44(32)63)36-7-8-39(59)52-42(36)61/h5-6,15-16,19-21,24-25,28-30,36H,7-14,17-18,22-23H2,1-4H3,(H,49,60)(H,50,51,53)(H,52,59,61)/t25-,28?,30?,36?/m1/s1. The van der Waals surface area contributed by atoms with E-state index in [2.05, 4.69) is 30.7 Å². The number of imide groups is 2. The molecule has 3 N–H and O–H groups in total. The number of nitrogens with zero attached hydrogens (tertiary/aromatic N) is 7. The first-order valence-electron chi connectivity index (χ1n) is 22.5. The topological polar surface area (TPSA) is 201 Å². The van der Waals surface area contributed by atoms with E-state index in [1.807, 2.05) is 43.9 Å². The first-order chi connectivity index (χ1) is 31.7. The van der Waals surface area contributed by atoms with Gasteiger partial charge in [-0.25, -0.2) is 9.37 Å². The van der Waals surface area contributed by atoms with Crippen LogP contribution in [0.4, 0.5) is 27.5 Å². The molecule has 4 aromatic rings. The Kier molecular flexibility index (Phi) is 12.4. The van der Waals surface area contributed by atoms with Crippen molar-refractivity contribution in [3.63, 3.8) is 0 Å². The fourth-order valence-electron chi connectivity index (χ4n) is 9.75. The molecule has 6 heterocycles. The lowest BCUT2D eigenvalue weighted by Gasteiger charge is -2.49. The van der Waals surface area contributed by atoms with Crippen molar-refractivity contribution in [1.29, 1.82) is 0 Å². The Hall–Kier alpha value is -6.18. The molecule has 5 amide bonds. The summed E-state index contributed by atoms with van der Waals surface area (Å²) in [5, 5.41) is 9.07. The van der Waals surface area contributed by atoms with Gasteiger partial charge in [0, 0.05) is 75.4 Å². The Labute approximate surface area is 384 Å². The molecule has 4 aliphatic heterocycles. The van der Waals surface area contributed by atoms with Gasteiger partial charge in [0.1, 0.15) is 16.9 Å². The van der Waals surface area contributed by atoms with Crippen LogP contribution in [-0.2, 0) is 19.1 Å². The van der Waals surface area contributed by atoms with Crippen molar-refractivity contribution in [3.8, 4) is 5.75 Å². The van der Waals surface area contributed by atoms with Crippen molar-refractivity contribution in [1.82, 2.24) is 35.0 Å². The van der Waals surface area contributed by atoms with Crippen molar-refractivity contribution in [2.45, 2.75) is 95.7 Å². The number of carbonyl (C=O) groups is 5. The first-order valence-corrected chi connectivity index (χ1v) is 22.8. The number of ether oxygens (including phenoxy) is 2. The maximum atomic E-state index is 15.7. The Morgan fingerprint density at radius 2 is 1.71 bits per heavy atom. The van der Waals surface area contributed by atoms with E-state index in [1.165, 1.54) is 13.1 Å². The molecule has 1 saturated carbocycles. The summed E-state index contributed by atoms with van der Waals surface area (Å²) in [4.78, 5) is 92.5. The monoisotopic (exact) mass is 926 g/mol. The third kappa shape index (κ3) is 8.66. The number of rotatable bonds is 12. The van der Waals surface area contributed by atoms with Crippen LogP contribution in [0.1, 0.15) is 86.1 Å². The summed E-state index contributed by atoms with van der Waals surface area (Å²) < 4.78 is 29.5. The van der Waals surface area contributed by atoms with Gasteiger partial charge in [0.15, 0.2) is 18.2 Å². The van der Waals surface area contributed by atoms with Gasteiger partial charge in [-0.15, -0.1) is 0 Å². The minimum atomic E-state index is -1.12. The van der Waals surface area contributed by atoms with E-state index in [9.17, 15) is 28.8 Å². The number of hydrogen-bond donors (Lipinski definition) is 3. The molecule has 1 unspecified atom stereocenters. The summed E-state index contributed by atoms with van der Waals surface area (Å²) in [7, 11) is 1.50. The maximum Gasteiger partial charge on any atom is 0.293 e. The van der Waals surface area contributed by atoms with Gasteiger partial charge in [0.05, 0.1) is 40.7 Å². The number of pyridine rings is 1. The molecule has 348 valence electrons. The number of piperidine rings is 2. The van der Waals surface area contributed by atoms with Crippen LogP contribution in [0.3, 0.4) is 0 Å². The average molecular weight is 927 g/mol. The van der Waals surface area contributed by atoms with Gasteiger partial charge in [-0.05, 0) is 89.3 Å². The summed E-state index contributed by atoms with van der Waals surface area (Å²) in [6.45, 7) is 8.89. The zero-order valence-electron chi connectivity index (χ0n) is 37.1. The van der Waals surface area contributed by atoms with Crippen LogP contribution < -0.4 is 36.0 Å². The molecule has 0 spiro atoms. The fraction of sp³-hybridized carbons (Fsp3) is 0.478. The lowest BCUT2D eigenvalue weighted by molar-refractivity contribution is -0.136. The highest BCUT2D eigenvalue weighted by Gasteiger charge is 2.46. The molecular formula is C46H52ClFN10O8. The van der Waals surface area contributed by atoms with Gasteiger partial charge < -0.3 is 34.5 Å². The van der Waals surface area contributed by atoms with Crippen molar-refractivity contribution < 1.29 is 37.8 Å². The van der Waals surface area contributed by atoms with Crippen molar-refractivity contribution in [2.75, 3.05) is 61.5 Å². The summed E-state index contributed by atoms with van der Waals surface area (Å²) in [5.41, 5.74) is 1.31. The van der Waals surface area contributed by atoms with E-state index in [-0.39, 0.29) is 77.8 Å². The number of nitrogens with one attached hydrogen (secondary N) is 3. The van der Waals surface area contributed by atoms with E-state index >= 15 is 4.39 Å². The lowest BCUT2D eigenvalue weighted by atomic mass is 9.86. The number of carbonyl (C=O) groups excluding carboxylic acids is 5. The van der Waals surface area contributed by atoms with E-state index < -0.39 is 35.5 Å². The predicted molar refractivity (Wildman–Crippen MR) is 243 cm³/mol. The number of amides is 5. The minimum absolute atomic E-state index is 0.00619. The third-order valence-corrected chi connectivity index (χ3v) is 13.6. The number of anilines is 4. The molecule has 66 heavy (non-hydrogen) atoms. The van der Waals surface area contributed by atoms with Crippen molar-refractivity contribution in [3.05, 3.63) is 74.9 Å². The molecule has 20 heteroatoms. The van der Waals surface area contributed by atoms with Crippen molar-refractivity contribution >= 4 is 75.2 Å². The molecule has 18 nitrogen and oxygen atoms in total. The Morgan fingerprint density at radius 3 is 2.41 bits per heavy atom. The van der Waals surface area contributed by atoms with E-state index in [4.69, 9.17) is 26.1 Å². The number of fused-ring (bicyclic) bond motifs is 2. The Bertz CT molecular complexity index is 2690. The quantitative estimate of drug-likeness (QED) is 0.171. The van der Waals surface area contributed by atoms with Gasteiger partial charge in [-0.3, -0.25) is 43.9 Å². The number of aromatic nitrogens is 3. The highest BCUT2D eigenvalue weighted by atomic mass is 35.5. The number of halogens is 2. The van der Waals surface area contributed by atoms with Crippen LogP contribution in [0.15, 0.2) is 47.4 Å². The Balaban J connectivity index is 0.762. The maximum absolute atomic E-state index is 15.7. The minimum Gasteiger partial charge on any atom is -0.478 e. The molecule has 0 radical (unpaired) electrons. The van der Waals surface area contributed by atoms with Gasteiger partial charge in [-0.1, -0.05) is 11.6 Å². The molecular weight excluding hydrogens is 875 g/mol. The highest BCUT2D eigenvalue weighted by Crippen LogP contribution is 2.37. The summed E-state index contributed by atoms with van der Waals surface area (Å²) >= 11 is 6.59. The van der Waals surface area contributed by atoms with Gasteiger partial charge in [0.25, 0.3) is 23.3 Å². The number of hydrogen-bond acceptors (Lipinski definition) is 14. The lowest BCUT2D eigenvalue weighted by Crippen LogP contribution is -2.59. The zero-order chi connectivity index (χ0) is 46.6. The highest BCUT2D eigenvalue weighted by molar-refractivity contribution is 6.33. The Morgan fingerprint density at radius 1 is 0.970 bits per heavy atom.